The Balaban J connectivity index is 1.77. The molecule has 2 atom stereocenters. The third-order valence-electron chi connectivity index (χ3n) is 4.30. The van der Waals surface area contributed by atoms with E-state index in [1.807, 2.05) is 18.2 Å². The summed E-state index contributed by atoms with van der Waals surface area (Å²) in [7, 11) is 0. The second-order valence-corrected chi connectivity index (χ2v) is 5.84. The van der Waals surface area contributed by atoms with Gasteiger partial charge >= 0.3 is 12.1 Å². The number of piperidine rings is 1. The van der Waals surface area contributed by atoms with Gasteiger partial charge in [-0.15, -0.1) is 0 Å². The Morgan fingerprint density at radius 1 is 1.35 bits per heavy atom. The Morgan fingerprint density at radius 3 is 2.74 bits per heavy atom. The monoisotopic (exact) mass is 327 g/mol. The van der Waals surface area contributed by atoms with Crippen molar-refractivity contribution in [2.45, 2.75) is 31.6 Å². The molecule has 0 radical (unpaired) electrons. The summed E-state index contributed by atoms with van der Waals surface area (Å²) < 4.78 is 44.2. The normalized spacial score (nSPS) is 23.3. The van der Waals surface area contributed by atoms with Gasteiger partial charge < -0.3 is 9.52 Å². The third kappa shape index (κ3) is 3.34. The summed E-state index contributed by atoms with van der Waals surface area (Å²) in [4.78, 5) is 12.9. The number of carboxylic acids is 1. The van der Waals surface area contributed by atoms with Crippen molar-refractivity contribution in [1.29, 1.82) is 0 Å². The zero-order chi connectivity index (χ0) is 16.6. The number of para-hydroxylation sites is 1. The SMILES string of the molecule is O=C(O)C1CC(C(F)(F)F)CCN1Cc1cc2ccccc2o1. The topological polar surface area (TPSA) is 53.7 Å². The van der Waals surface area contributed by atoms with E-state index in [1.165, 1.54) is 0 Å². The lowest BCUT2D eigenvalue weighted by atomic mass is 9.90. The molecular formula is C16H16F3NO3. The number of halogens is 3. The van der Waals surface area contributed by atoms with Crippen LogP contribution in [0.15, 0.2) is 34.7 Å². The number of benzene rings is 1. The molecule has 1 aliphatic rings. The van der Waals surface area contributed by atoms with E-state index in [0.29, 0.717) is 11.3 Å². The Kier molecular flexibility index (Phi) is 4.06. The zero-order valence-electron chi connectivity index (χ0n) is 12.2. The van der Waals surface area contributed by atoms with Gasteiger partial charge in [-0.25, -0.2) is 0 Å². The molecule has 23 heavy (non-hydrogen) atoms. The summed E-state index contributed by atoms with van der Waals surface area (Å²) in [5.74, 6) is -2.23. The number of rotatable bonds is 3. The molecule has 2 heterocycles. The molecular weight excluding hydrogens is 311 g/mol. The molecule has 0 bridgehead atoms. The molecule has 0 aliphatic carbocycles. The molecule has 4 nitrogen and oxygen atoms in total. The molecule has 2 aromatic rings. The summed E-state index contributed by atoms with van der Waals surface area (Å²) in [6.07, 6.45) is -4.86. The van der Waals surface area contributed by atoms with Crippen molar-refractivity contribution < 1.29 is 27.5 Å². The standard InChI is InChI=1S/C16H16F3NO3/c17-16(18,19)11-5-6-20(13(8-11)15(21)22)9-12-7-10-3-1-2-4-14(10)23-12/h1-4,7,11,13H,5-6,8-9H2,(H,21,22). The number of likely N-dealkylation sites (tertiary alicyclic amines) is 1. The van der Waals surface area contributed by atoms with Crippen LogP contribution in [0, 0.1) is 5.92 Å². The summed E-state index contributed by atoms with van der Waals surface area (Å²) in [5.41, 5.74) is 0.680. The Hall–Kier alpha value is -2.02. The fourth-order valence-electron chi connectivity index (χ4n) is 3.07. The van der Waals surface area contributed by atoms with Crippen molar-refractivity contribution in [2.75, 3.05) is 6.54 Å². The van der Waals surface area contributed by atoms with E-state index in [9.17, 15) is 23.1 Å². The van der Waals surface area contributed by atoms with Gasteiger partial charge in [0.05, 0.1) is 12.5 Å². The van der Waals surface area contributed by atoms with Crippen molar-refractivity contribution in [3.63, 3.8) is 0 Å². The maximum absolute atomic E-state index is 12.8. The quantitative estimate of drug-likeness (QED) is 0.935. The van der Waals surface area contributed by atoms with Crippen LogP contribution in [0.5, 0.6) is 0 Å². The van der Waals surface area contributed by atoms with Crippen molar-refractivity contribution in [2.24, 2.45) is 5.92 Å². The van der Waals surface area contributed by atoms with E-state index in [-0.39, 0.29) is 19.5 Å². The predicted molar refractivity (Wildman–Crippen MR) is 76.8 cm³/mol. The van der Waals surface area contributed by atoms with Crippen molar-refractivity contribution in [1.82, 2.24) is 4.90 Å². The average molecular weight is 327 g/mol. The molecule has 3 rings (SSSR count). The van der Waals surface area contributed by atoms with Crippen LogP contribution in [0.25, 0.3) is 11.0 Å². The highest BCUT2D eigenvalue weighted by Gasteiger charge is 2.46. The molecule has 0 saturated carbocycles. The molecule has 0 spiro atoms. The summed E-state index contributed by atoms with van der Waals surface area (Å²) >= 11 is 0. The predicted octanol–water partition coefficient (Wildman–Crippen LogP) is 3.66. The number of hydrogen-bond acceptors (Lipinski definition) is 3. The van der Waals surface area contributed by atoms with Gasteiger partial charge in [0.15, 0.2) is 0 Å². The van der Waals surface area contributed by atoms with Gasteiger partial charge in [0.1, 0.15) is 17.4 Å². The first-order valence-electron chi connectivity index (χ1n) is 7.35. The molecule has 1 fully saturated rings. The minimum atomic E-state index is -4.35. The van der Waals surface area contributed by atoms with E-state index in [4.69, 9.17) is 4.42 Å². The lowest BCUT2D eigenvalue weighted by Crippen LogP contribution is -2.49. The fourth-order valence-corrected chi connectivity index (χ4v) is 3.07. The third-order valence-corrected chi connectivity index (χ3v) is 4.30. The Bertz CT molecular complexity index is 677. The van der Waals surface area contributed by atoms with Crippen LogP contribution in [0.1, 0.15) is 18.6 Å². The lowest BCUT2D eigenvalue weighted by molar-refractivity contribution is -0.193. The van der Waals surface area contributed by atoms with E-state index < -0.39 is 30.5 Å². The number of aliphatic carboxylic acids is 1. The summed E-state index contributed by atoms with van der Waals surface area (Å²) in [6.45, 7) is 0.272. The van der Waals surface area contributed by atoms with Gasteiger partial charge in [-0.1, -0.05) is 18.2 Å². The van der Waals surface area contributed by atoms with Gasteiger partial charge in [-0.3, -0.25) is 9.69 Å². The molecule has 2 unspecified atom stereocenters. The van der Waals surface area contributed by atoms with E-state index in [1.54, 1.807) is 17.0 Å². The largest absolute Gasteiger partial charge is 0.480 e. The number of carboxylic acid groups (broad SMARTS) is 1. The van der Waals surface area contributed by atoms with Crippen molar-refractivity contribution in [3.8, 4) is 0 Å². The average Bonchev–Trinajstić information content (AvgIpc) is 2.88. The van der Waals surface area contributed by atoms with Gasteiger partial charge in [0.25, 0.3) is 0 Å². The highest BCUT2D eigenvalue weighted by atomic mass is 19.4. The number of carbonyl (C=O) groups is 1. The maximum Gasteiger partial charge on any atom is 0.391 e. The van der Waals surface area contributed by atoms with Gasteiger partial charge in [-0.05, 0) is 25.0 Å². The molecule has 124 valence electrons. The second kappa shape index (κ2) is 5.88. The summed E-state index contributed by atoms with van der Waals surface area (Å²) in [6, 6.07) is 7.99. The molecule has 7 heteroatoms. The number of furan rings is 1. The van der Waals surface area contributed by atoms with Crippen LogP contribution in [-0.4, -0.2) is 34.7 Å². The highest BCUT2D eigenvalue weighted by molar-refractivity contribution is 5.77. The van der Waals surface area contributed by atoms with Crippen molar-refractivity contribution in [3.05, 3.63) is 36.1 Å². The number of hydrogen-bond donors (Lipinski definition) is 1. The molecule has 1 saturated heterocycles. The molecule has 1 N–H and O–H groups in total. The van der Waals surface area contributed by atoms with E-state index >= 15 is 0 Å². The Labute approximate surface area is 130 Å². The number of nitrogens with zero attached hydrogens (tertiary/aromatic N) is 1. The van der Waals surface area contributed by atoms with Crippen LogP contribution in [-0.2, 0) is 11.3 Å². The van der Waals surface area contributed by atoms with E-state index in [2.05, 4.69) is 0 Å². The first-order chi connectivity index (χ1) is 10.8. The fraction of sp³-hybridized carbons (Fsp3) is 0.438. The first kappa shape index (κ1) is 15.9. The highest BCUT2D eigenvalue weighted by Crippen LogP contribution is 2.37. The molecule has 1 aromatic heterocycles. The smallest absolute Gasteiger partial charge is 0.391 e. The summed E-state index contributed by atoms with van der Waals surface area (Å²) in [5, 5.41) is 10.2. The van der Waals surface area contributed by atoms with Crippen LogP contribution in [0.2, 0.25) is 0 Å². The number of fused-ring (bicyclic) bond motifs is 1. The van der Waals surface area contributed by atoms with E-state index in [0.717, 1.165) is 5.39 Å². The second-order valence-electron chi connectivity index (χ2n) is 5.84. The van der Waals surface area contributed by atoms with Crippen LogP contribution < -0.4 is 0 Å². The number of alkyl halides is 3. The minimum absolute atomic E-state index is 0.0815. The molecule has 0 amide bonds. The molecule has 1 aromatic carbocycles. The van der Waals surface area contributed by atoms with Crippen LogP contribution in [0.3, 0.4) is 0 Å². The minimum Gasteiger partial charge on any atom is -0.480 e. The van der Waals surface area contributed by atoms with Crippen LogP contribution >= 0.6 is 0 Å². The zero-order valence-corrected chi connectivity index (χ0v) is 12.2. The first-order valence-corrected chi connectivity index (χ1v) is 7.35. The van der Waals surface area contributed by atoms with Gasteiger partial charge in [0.2, 0.25) is 0 Å². The van der Waals surface area contributed by atoms with Crippen molar-refractivity contribution >= 4 is 16.9 Å². The molecule has 1 aliphatic heterocycles. The Morgan fingerprint density at radius 2 is 2.09 bits per heavy atom. The van der Waals surface area contributed by atoms with Gasteiger partial charge in [0, 0.05) is 11.9 Å². The van der Waals surface area contributed by atoms with Crippen LogP contribution in [0.4, 0.5) is 13.2 Å². The van der Waals surface area contributed by atoms with Gasteiger partial charge in [-0.2, -0.15) is 13.2 Å². The maximum atomic E-state index is 12.8. The lowest BCUT2D eigenvalue weighted by Gasteiger charge is -2.37.